The Balaban J connectivity index is 1.70. The van der Waals surface area contributed by atoms with Gasteiger partial charge in [0.2, 0.25) is 5.91 Å². The molecule has 0 saturated heterocycles. The van der Waals surface area contributed by atoms with Crippen molar-refractivity contribution in [2.75, 3.05) is 23.8 Å². The van der Waals surface area contributed by atoms with Gasteiger partial charge in [0.25, 0.3) is 5.91 Å². The number of carbonyl (C=O) groups is 4. The molecule has 0 aliphatic rings. The molecule has 33 heavy (non-hydrogen) atoms. The van der Waals surface area contributed by atoms with Gasteiger partial charge in [-0.25, -0.2) is 4.79 Å². The maximum Gasteiger partial charge on any atom is 0.338 e. The molecule has 2 N–H and O–H groups in total. The average Bonchev–Trinajstić information content (AvgIpc) is 2.74. The van der Waals surface area contributed by atoms with Crippen LogP contribution in [-0.2, 0) is 23.9 Å². The zero-order valence-electron chi connectivity index (χ0n) is 19.4. The first-order chi connectivity index (χ1) is 15.6. The second-order valence-electron chi connectivity index (χ2n) is 8.20. The van der Waals surface area contributed by atoms with Gasteiger partial charge in [-0.2, -0.15) is 0 Å². The lowest BCUT2D eigenvalue weighted by Gasteiger charge is -2.09. The summed E-state index contributed by atoms with van der Waals surface area (Å²) in [5.74, 6) is -1.67. The monoisotopic (exact) mass is 454 g/mol. The molecule has 0 atom stereocenters. The topological polar surface area (TPSA) is 111 Å². The van der Waals surface area contributed by atoms with E-state index in [1.807, 2.05) is 45.9 Å². The van der Waals surface area contributed by atoms with Crippen LogP contribution in [0.3, 0.4) is 0 Å². The molecule has 8 heteroatoms. The molecule has 176 valence electrons. The fourth-order valence-corrected chi connectivity index (χ4v) is 2.92. The van der Waals surface area contributed by atoms with E-state index in [2.05, 4.69) is 10.6 Å². The quantitative estimate of drug-likeness (QED) is 0.525. The van der Waals surface area contributed by atoms with Crippen molar-refractivity contribution in [3.63, 3.8) is 0 Å². The second kappa shape index (κ2) is 12.4. The molecule has 0 aliphatic carbocycles. The van der Waals surface area contributed by atoms with E-state index in [1.54, 1.807) is 24.3 Å². The molecule has 2 rings (SSSR count). The predicted molar refractivity (Wildman–Crippen MR) is 125 cm³/mol. The van der Waals surface area contributed by atoms with Gasteiger partial charge in [0.1, 0.15) is 0 Å². The Morgan fingerprint density at radius 1 is 0.788 bits per heavy atom. The number of benzene rings is 2. The van der Waals surface area contributed by atoms with Crippen LogP contribution in [0.2, 0.25) is 0 Å². The lowest BCUT2D eigenvalue weighted by molar-refractivity contribution is -0.147. The maximum atomic E-state index is 12.1. The summed E-state index contributed by atoms with van der Waals surface area (Å²) in [6, 6.07) is 11.9. The SMILES string of the molecule is Cc1cc(C)cc(NC(=O)COC(=O)CCC(=O)Nc2ccc(C(=O)OCC(C)C)cc2)c1. The largest absolute Gasteiger partial charge is 0.462 e. The number of esters is 2. The van der Waals surface area contributed by atoms with Gasteiger partial charge in [-0.15, -0.1) is 0 Å². The molecular formula is C25H30N2O6. The Bertz CT molecular complexity index is 978. The van der Waals surface area contributed by atoms with Gasteiger partial charge in [-0.05, 0) is 67.3 Å². The van der Waals surface area contributed by atoms with Gasteiger partial charge < -0.3 is 20.1 Å². The number of hydrogen-bond donors (Lipinski definition) is 2. The fourth-order valence-electron chi connectivity index (χ4n) is 2.92. The van der Waals surface area contributed by atoms with Crippen LogP contribution in [0.15, 0.2) is 42.5 Å². The Hall–Kier alpha value is -3.68. The number of rotatable bonds is 10. The highest BCUT2D eigenvalue weighted by Gasteiger charge is 2.12. The Kier molecular flexibility index (Phi) is 9.60. The standard InChI is InChI=1S/C25H30N2O6/c1-16(2)14-33-25(31)19-5-7-20(8-6-19)26-22(28)9-10-24(30)32-15-23(29)27-21-12-17(3)11-18(4)13-21/h5-8,11-13,16H,9-10,14-15H2,1-4H3,(H,26,28)(H,27,29). The lowest BCUT2D eigenvalue weighted by atomic mass is 10.1. The van der Waals surface area contributed by atoms with Crippen LogP contribution in [0.1, 0.15) is 48.2 Å². The molecule has 0 fully saturated rings. The summed E-state index contributed by atoms with van der Waals surface area (Å²) in [4.78, 5) is 47.8. The van der Waals surface area contributed by atoms with Crippen LogP contribution in [-0.4, -0.2) is 37.0 Å². The first-order valence-corrected chi connectivity index (χ1v) is 10.7. The van der Waals surface area contributed by atoms with E-state index in [0.29, 0.717) is 23.5 Å². The molecule has 0 radical (unpaired) electrons. The van der Waals surface area contributed by atoms with E-state index in [-0.39, 0.29) is 24.7 Å². The number of ether oxygens (including phenoxy) is 2. The van der Waals surface area contributed by atoms with Gasteiger partial charge >= 0.3 is 11.9 Å². The van der Waals surface area contributed by atoms with E-state index in [4.69, 9.17) is 9.47 Å². The van der Waals surface area contributed by atoms with Crippen LogP contribution in [0.25, 0.3) is 0 Å². The zero-order chi connectivity index (χ0) is 24.4. The Labute approximate surface area is 193 Å². The molecule has 2 amide bonds. The molecule has 0 heterocycles. The van der Waals surface area contributed by atoms with Gasteiger partial charge in [0.05, 0.1) is 18.6 Å². The molecule has 2 aromatic rings. The van der Waals surface area contributed by atoms with Crippen molar-refractivity contribution in [3.8, 4) is 0 Å². The molecule has 8 nitrogen and oxygen atoms in total. The third-order valence-corrected chi connectivity index (χ3v) is 4.38. The summed E-state index contributed by atoms with van der Waals surface area (Å²) in [5.41, 5.74) is 3.52. The minimum absolute atomic E-state index is 0.101. The van der Waals surface area contributed by atoms with Gasteiger partial charge in [0.15, 0.2) is 6.61 Å². The number of amides is 2. The normalized spacial score (nSPS) is 10.5. The summed E-state index contributed by atoms with van der Waals surface area (Å²) in [7, 11) is 0. The summed E-state index contributed by atoms with van der Waals surface area (Å²) < 4.78 is 10.1. The maximum absolute atomic E-state index is 12.1. The minimum atomic E-state index is -0.649. The summed E-state index contributed by atoms with van der Waals surface area (Å²) in [6.45, 7) is 7.64. The molecule has 0 unspecified atom stereocenters. The smallest absolute Gasteiger partial charge is 0.338 e. The second-order valence-corrected chi connectivity index (χ2v) is 8.20. The van der Waals surface area contributed by atoms with Crippen LogP contribution < -0.4 is 10.6 Å². The summed E-state index contributed by atoms with van der Waals surface area (Å²) in [6.07, 6.45) is -0.266. The van der Waals surface area contributed by atoms with Crippen molar-refractivity contribution in [1.82, 2.24) is 0 Å². The molecule has 0 bridgehead atoms. The number of nitrogens with one attached hydrogen (secondary N) is 2. The van der Waals surface area contributed by atoms with E-state index < -0.39 is 24.5 Å². The third-order valence-electron chi connectivity index (χ3n) is 4.38. The van der Waals surface area contributed by atoms with Crippen LogP contribution >= 0.6 is 0 Å². The Morgan fingerprint density at radius 2 is 1.39 bits per heavy atom. The summed E-state index contributed by atoms with van der Waals surface area (Å²) >= 11 is 0. The zero-order valence-corrected chi connectivity index (χ0v) is 19.4. The fraction of sp³-hybridized carbons (Fsp3) is 0.360. The van der Waals surface area contributed by atoms with E-state index in [0.717, 1.165) is 11.1 Å². The van der Waals surface area contributed by atoms with Crippen molar-refractivity contribution in [1.29, 1.82) is 0 Å². The summed E-state index contributed by atoms with van der Waals surface area (Å²) in [5, 5.41) is 5.32. The predicted octanol–water partition coefficient (Wildman–Crippen LogP) is 4.02. The molecule has 0 aromatic heterocycles. The molecular weight excluding hydrogens is 424 g/mol. The highest BCUT2D eigenvalue weighted by molar-refractivity contribution is 5.95. The first-order valence-electron chi connectivity index (χ1n) is 10.7. The van der Waals surface area contributed by atoms with E-state index in [1.165, 1.54) is 0 Å². The van der Waals surface area contributed by atoms with Crippen molar-refractivity contribution >= 4 is 35.1 Å². The lowest BCUT2D eigenvalue weighted by Crippen LogP contribution is -2.22. The number of anilines is 2. The van der Waals surface area contributed by atoms with Gasteiger partial charge in [-0.1, -0.05) is 19.9 Å². The van der Waals surface area contributed by atoms with Crippen molar-refractivity contribution < 1.29 is 28.7 Å². The Morgan fingerprint density at radius 3 is 2.00 bits per heavy atom. The number of hydrogen-bond acceptors (Lipinski definition) is 6. The molecule has 0 saturated carbocycles. The van der Waals surface area contributed by atoms with Crippen LogP contribution in [0, 0.1) is 19.8 Å². The average molecular weight is 455 g/mol. The van der Waals surface area contributed by atoms with Crippen molar-refractivity contribution in [2.24, 2.45) is 5.92 Å². The van der Waals surface area contributed by atoms with E-state index in [9.17, 15) is 19.2 Å². The van der Waals surface area contributed by atoms with Crippen LogP contribution in [0.4, 0.5) is 11.4 Å². The molecule has 2 aromatic carbocycles. The third kappa shape index (κ3) is 9.55. The molecule has 0 spiro atoms. The number of aryl methyl sites for hydroxylation is 2. The number of carbonyl (C=O) groups excluding carboxylic acids is 4. The van der Waals surface area contributed by atoms with Crippen molar-refractivity contribution in [2.45, 2.75) is 40.5 Å². The minimum Gasteiger partial charge on any atom is -0.462 e. The highest BCUT2D eigenvalue weighted by atomic mass is 16.5. The first kappa shape index (κ1) is 25.6. The van der Waals surface area contributed by atoms with Crippen molar-refractivity contribution in [3.05, 3.63) is 59.2 Å². The van der Waals surface area contributed by atoms with Gasteiger partial charge in [-0.3, -0.25) is 14.4 Å². The van der Waals surface area contributed by atoms with Crippen LogP contribution in [0.5, 0.6) is 0 Å². The van der Waals surface area contributed by atoms with Gasteiger partial charge in [0, 0.05) is 17.8 Å². The van der Waals surface area contributed by atoms with E-state index >= 15 is 0 Å². The molecule has 0 aliphatic heterocycles. The highest BCUT2D eigenvalue weighted by Crippen LogP contribution is 2.14.